The van der Waals surface area contributed by atoms with E-state index in [1.165, 1.54) is 21.4 Å². The number of fused-ring (bicyclic) bond motifs is 2. The van der Waals surface area contributed by atoms with Crippen LogP contribution in [0.2, 0.25) is 0 Å². The number of hydrogen-bond donors (Lipinski definition) is 1. The maximum Gasteiger partial charge on any atom is 0.305 e. The number of rotatable bonds is 5. The second-order valence-electron chi connectivity index (χ2n) is 5.30. The summed E-state index contributed by atoms with van der Waals surface area (Å²) in [6.45, 7) is 0. The van der Waals surface area contributed by atoms with E-state index < -0.39 is 0 Å². The molecule has 23 heavy (non-hydrogen) atoms. The van der Waals surface area contributed by atoms with Crippen molar-refractivity contribution >= 4 is 27.5 Å². The number of unbranched alkanes of at least 4 members (excludes halogenated alkanes) is 1. The first-order valence-electron chi connectivity index (χ1n) is 7.44. The quantitative estimate of drug-likeness (QED) is 0.567. The van der Waals surface area contributed by atoms with Gasteiger partial charge in [0.2, 0.25) is 10.6 Å². The van der Waals surface area contributed by atoms with Crippen LogP contribution in [0.3, 0.4) is 0 Å². The molecule has 0 spiro atoms. The Labute approximate surface area is 135 Å². The van der Waals surface area contributed by atoms with Crippen molar-refractivity contribution in [1.82, 2.24) is 30.0 Å². The molecule has 0 atom stereocenters. The molecule has 0 aliphatic rings. The number of hydrogen-bond acceptors (Lipinski definition) is 6. The van der Waals surface area contributed by atoms with Gasteiger partial charge in [-0.2, -0.15) is 19.8 Å². The Morgan fingerprint density at radius 2 is 1.91 bits per heavy atom. The normalized spacial score (nSPS) is 11.5. The van der Waals surface area contributed by atoms with Crippen LogP contribution in [-0.2, 0) is 12.8 Å². The van der Waals surface area contributed by atoms with Gasteiger partial charge < -0.3 is 0 Å². The predicted molar refractivity (Wildman–Crippen MR) is 87.7 cm³/mol. The summed E-state index contributed by atoms with van der Waals surface area (Å²) in [5, 5.41) is 15.4. The van der Waals surface area contributed by atoms with Crippen molar-refractivity contribution in [2.45, 2.75) is 25.7 Å². The van der Waals surface area contributed by atoms with E-state index in [-0.39, 0.29) is 11.1 Å². The Kier molecular flexibility index (Phi) is 3.58. The fourth-order valence-corrected chi connectivity index (χ4v) is 3.44. The third-order valence-corrected chi connectivity index (χ3v) is 4.64. The topological polar surface area (TPSA) is 88.8 Å². The van der Waals surface area contributed by atoms with Crippen molar-refractivity contribution in [3.63, 3.8) is 0 Å². The van der Waals surface area contributed by atoms with Crippen molar-refractivity contribution in [3.8, 4) is 0 Å². The largest absolute Gasteiger partial charge is 0.305 e. The first-order chi connectivity index (χ1) is 11.3. The van der Waals surface area contributed by atoms with Gasteiger partial charge in [0.1, 0.15) is 5.01 Å². The van der Waals surface area contributed by atoms with Gasteiger partial charge >= 0.3 is 5.56 Å². The lowest BCUT2D eigenvalue weighted by Crippen LogP contribution is -2.15. The highest BCUT2D eigenvalue weighted by Gasteiger charge is 2.13. The molecule has 1 N–H and O–H groups in total. The second kappa shape index (κ2) is 5.88. The minimum atomic E-state index is -0.273. The SMILES string of the molecule is O=c1c2n[nH]nc2nc2sc(CCCCc3ccccc3)nn12. The third-order valence-electron chi connectivity index (χ3n) is 3.68. The van der Waals surface area contributed by atoms with Crippen molar-refractivity contribution in [2.75, 3.05) is 0 Å². The van der Waals surface area contributed by atoms with Crippen LogP contribution in [0.15, 0.2) is 35.1 Å². The molecule has 0 bridgehead atoms. The average molecular weight is 326 g/mol. The first kappa shape index (κ1) is 14.0. The lowest BCUT2D eigenvalue weighted by molar-refractivity contribution is 0.718. The van der Waals surface area contributed by atoms with Crippen LogP contribution in [0.4, 0.5) is 0 Å². The molecule has 8 heteroatoms. The molecule has 4 rings (SSSR count). The molecule has 0 amide bonds. The van der Waals surface area contributed by atoms with Crippen molar-refractivity contribution in [1.29, 1.82) is 0 Å². The summed E-state index contributed by atoms with van der Waals surface area (Å²) in [6, 6.07) is 10.4. The highest BCUT2D eigenvalue weighted by Crippen LogP contribution is 2.16. The van der Waals surface area contributed by atoms with Gasteiger partial charge in [-0.05, 0) is 24.8 Å². The van der Waals surface area contributed by atoms with E-state index in [1.54, 1.807) is 0 Å². The lowest BCUT2D eigenvalue weighted by atomic mass is 10.1. The van der Waals surface area contributed by atoms with Gasteiger partial charge in [0.25, 0.3) is 0 Å². The average Bonchev–Trinajstić information content (AvgIpc) is 3.20. The zero-order valence-electron chi connectivity index (χ0n) is 12.3. The molecule has 0 unspecified atom stereocenters. The number of benzene rings is 1. The molecule has 0 aliphatic carbocycles. The van der Waals surface area contributed by atoms with Gasteiger partial charge in [0.15, 0.2) is 5.52 Å². The Morgan fingerprint density at radius 1 is 1.09 bits per heavy atom. The fourth-order valence-electron chi connectivity index (χ4n) is 2.51. The number of aromatic amines is 1. The Hall–Kier alpha value is -2.61. The van der Waals surface area contributed by atoms with Crippen molar-refractivity contribution in [3.05, 3.63) is 51.3 Å². The number of H-pyrrole nitrogens is 1. The highest BCUT2D eigenvalue weighted by atomic mass is 32.1. The Morgan fingerprint density at radius 3 is 2.78 bits per heavy atom. The summed E-state index contributed by atoms with van der Waals surface area (Å²) in [4.78, 5) is 17.1. The number of aromatic nitrogens is 6. The number of aryl methyl sites for hydroxylation is 2. The molecule has 116 valence electrons. The minimum Gasteiger partial charge on any atom is -0.265 e. The molecule has 3 heterocycles. The van der Waals surface area contributed by atoms with Crippen LogP contribution >= 0.6 is 11.3 Å². The molecule has 0 aliphatic heterocycles. The Bertz CT molecular complexity index is 1000. The summed E-state index contributed by atoms with van der Waals surface area (Å²) in [7, 11) is 0. The van der Waals surface area contributed by atoms with Crippen molar-refractivity contribution < 1.29 is 0 Å². The fraction of sp³-hybridized carbons (Fsp3) is 0.267. The van der Waals surface area contributed by atoms with Crippen molar-refractivity contribution in [2.24, 2.45) is 0 Å². The maximum absolute atomic E-state index is 12.2. The summed E-state index contributed by atoms with van der Waals surface area (Å²) >= 11 is 1.44. The summed E-state index contributed by atoms with van der Waals surface area (Å²) in [5.41, 5.74) is 1.64. The van der Waals surface area contributed by atoms with Gasteiger partial charge in [-0.15, -0.1) is 10.2 Å². The van der Waals surface area contributed by atoms with Crippen LogP contribution in [0.25, 0.3) is 16.1 Å². The van der Waals surface area contributed by atoms with E-state index in [9.17, 15) is 4.79 Å². The molecule has 0 saturated carbocycles. The second-order valence-corrected chi connectivity index (χ2v) is 6.34. The molecular weight excluding hydrogens is 312 g/mol. The third kappa shape index (κ3) is 2.72. The maximum atomic E-state index is 12.2. The molecule has 0 radical (unpaired) electrons. The predicted octanol–water partition coefficient (Wildman–Crippen LogP) is 1.99. The lowest BCUT2D eigenvalue weighted by Gasteiger charge is -1.99. The van der Waals surface area contributed by atoms with E-state index in [4.69, 9.17) is 0 Å². The highest BCUT2D eigenvalue weighted by molar-refractivity contribution is 7.16. The van der Waals surface area contributed by atoms with Crippen LogP contribution in [-0.4, -0.2) is 30.0 Å². The molecule has 4 aromatic rings. The molecule has 3 aromatic heterocycles. The van der Waals surface area contributed by atoms with Crippen LogP contribution in [0.1, 0.15) is 23.4 Å². The van der Waals surface area contributed by atoms with E-state index in [0.29, 0.717) is 10.6 Å². The van der Waals surface area contributed by atoms with E-state index in [2.05, 4.69) is 49.8 Å². The zero-order chi connectivity index (χ0) is 15.6. The van der Waals surface area contributed by atoms with E-state index >= 15 is 0 Å². The first-order valence-corrected chi connectivity index (χ1v) is 8.26. The molecular formula is C15H14N6OS. The number of nitrogens with zero attached hydrogens (tertiary/aromatic N) is 5. The molecule has 7 nitrogen and oxygen atoms in total. The summed E-state index contributed by atoms with van der Waals surface area (Å²) in [5.74, 6) is 0. The zero-order valence-corrected chi connectivity index (χ0v) is 13.1. The standard InChI is InChI=1S/C15H14N6OS/c22-14-12-13(18-20-17-12)16-15-21(14)19-11(23-15)9-5-4-8-10-6-2-1-3-7-10/h1-3,6-7H,4-5,8-9H2,(H,17,18,20). The van der Waals surface area contributed by atoms with Gasteiger partial charge in [0.05, 0.1) is 0 Å². The van der Waals surface area contributed by atoms with Gasteiger partial charge in [0, 0.05) is 6.42 Å². The smallest absolute Gasteiger partial charge is 0.265 e. The van der Waals surface area contributed by atoms with E-state index in [0.717, 1.165) is 30.7 Å². The monoisotopic (exact) mass is 326 g/mol. The molecule has 0 fully saturated rings. The van der Waals surface area contributed by atoms with Crippen LogP contribution < -0.4 is 5.56 Å². The molecule has 0 saturated heterocycles. The van der Waals surface area contributed by atoms with Crippen LogP contribution in [0, 0.1) is 0 Å². The Balaban J connectivity index is 1.47. The van der Waals surface area contributed by atoms with E-state index in [1.807, 2.05) is 6.07 Å². The minimum absolute atomic E-state index is 0.225. The number of nitrogens with one attached hydrogen (secondary N) is 1. The van der Waals surface area contributed by atoms with Gasteiger partial charge in [-0.25, -0.2) is 0 Å². The molecule has 1 aromatic carbocycles. The summed E-state index contributed by atoms with van der Waals surface area (Å²) in [6.07, 6.45) is 4.02. The van der Waals surface area contributed by atoms with Crippen LogP contribution in [0.5, 0.6) is 0 Å². The summed E-state index contributed by atoms with van der Waals surface area (Å²) < 4.78 is 1.32. The van der Waals surface area contributed by atoms with Gasteiger partial charge in [-0.1, -0.05) is 41.7 Å². The van der Waals surface area contributed by atoms with Gasteiger partial charge in [-0.3, -0.25) is 4.79 Å².